The monoisotopic (exact) mass is 229 g/mol. The highest BCUT2D eigenvalue weighted by molar-refractivity contribution is 9.10. The van der Waals surface area contributed by atoms with Gasteiger partial charge in [0.25, 0.3) is 0 Å². The largest absolute Gasteiger partial charge is 0.387 e. The SMILES string of the molecule is CCCC(O)c1ncccc1Br. The zero-order chi connectivity index (χ0) is 8.97. The van der Waals surface area contributed by atoms with E-state index >= 15 is 0 Å². The average Bonchev–Trinajstić information content (AvgIpc) is 2.05. The fourth-order valence-corrected chi connectivity index (χ4v) is 1.57. The summed E-state index contributed by atoms with van der Waals surface area (Å²) in [7, 11) is 0. The number of pyridine rings is 1. The quantitative estimate of drug-likeness (QED) is 0.865. The van der Waals surface area contributed by atoms with E-state index in [-0.39, 0.29) is 0 Å². The fraction of sp³-hybridized carbons (Fsp3) is 0.444. The summed E-state index contributed by atoms with van der Waals surface area (Å²) in [6, 6.07) is 3.73. The molecule has 0 amide bonds. The summed E-state index contributed by atoms with van der Waals surface area (Å²) in [5.74, 6) is 0. The highest BCUT2D eigenvalue weighted by Gasteiger charge is 2.10. The lowest BCUT2D eigenvalue weighted by Gasteiger charge is -2.09. The molecule has 0 bridgehead atoms. The third-order valence-electron chi connectivity index (χ3n) is 1.66. The molecule has 1 aromatic rings. The Labute approximate surface area is 80.8 Å². The number of nitrogens with zero attached hydrogens (tertiary/aromatic N) is 1. The van der Waals surface area contributed by atoms with Crippen molar-refractivity contribution in [2.24, 2.45) is 0 Å². The van der Waals surface area contributed by atoms with E-state index in [2.05, 4.69) is 20.9 Å². The molecule has 1 heterocycles. The molecule has 0 aromatic carbocycles. The van der Waals surface area contributed by atoms with Crippen LogP contribution in [-0.4, -0.2) is 10.1 Å². The van der Waals surface area contributed by atoms with E-state index in [1.165, 1.54) is 0 Å². The number of hydrogen-bond donors (Lipinski definition) is 1. The number of aliphatic hydroxyl groups is 1. The van der Waals surface area contributed by atoms with Crippen molar-refractivity contribution in [2.45, 2.75) is 25.9 Å². The van der Waals surface area contributed by atoms with Crippen LogP contribution in [-0.2, 0) is 0 Å². The predicted octanol–water partition coefficient (Wildman–Crippen LogP) is 2.68. The van der Waals surface area contributed by atoms with Crippen LogP contribution in [0.3, 0.4) is 0 Å². The van der Waals surface area contributed by atoms with Crippen molar-refractivity contribution in [2.75, 3.05) is 0 Å². The van der Waals surface area contributed by atoms with Gasteiger partial charge in [0.1, 0.15) is 0 Å². The summed E-state index contributed by atoms with van der Waals surface area (Å²) in [5.41, 5.74) is 0.736. The van der Waals surface area contributed by atoms with Crippen LogP contribution in [0.2, 0.25) is 0 Å². The van der Waals surface area contributed by atoms with Gasteiger partial charge in [-0.15, -0.1) is 0 Å². The normalized spacial score (nSPS) is 12.9. The first-order chi connectivity index (χ1) is 5.75. The highest BCUT2D eigenvalue weighted by Crippen LogP contribution is 2.23. The lowest BCUT2D eigenvalue weighted by atomic mass is 10.1. The van der Waals surface area contributed by atoms with Gasteiger partial charge >= 0.3 is 0 Å². The standard InChI is InChI=1S/C9H12BrNO/c1-2-4-8(12)9-7(10)5-3-6-11-9/h3,5-6,8,12H,2,4H2,1H3. The van der Waals surface area contributed by atoms with Gasteiger partial charge in [0.05, 0.1) is 11.8 Å². The van der Waals surface area contributed by atoms with Gasteiger partial charge in [-0.1, -0.05) is 13.3 Å². The molecule has 1 unspecified atom stereocenters. The first-order valence-electron chi connectivity index (χ1n) is 4.04. The minimum atomic E-state index is -0.439. The molecule has 1 atom stereocenters. The Morgan fingerprint density at radius 2 is 2.42 bits per heavy atom. The van der Waals surface area contributed by atoms with Crippen LogP contribution in [0, 0.1) is 0 Å². The van der Waals surface area contributed by atoms with E-state index in [9.17, 15) is 5.11 Å². The molecule has 66 valence electrons. The second-order valence-electron chi connectivity index (χ2n) is 2.67. The van der Waals surface area contributed by atoms with Crippen molar-refractivity contribution >= 4 is 15.9 Å². The zero-order valence-electron chi connectivity index (χ0n) is 7.00. The fourth-order valence-electron chi connectivity index (χ4n) is 1.05. The van der Waals surface area contributed by atoms with Gasteiger partial charge < -0.3 is 5.11 Å². The molecule has 0 radical (unpaired) electrons. The number of rotatable bonds is 3. The smallest absolute Gasteiger partial charge is 0.0971 e. The summed E-state index contributed by atoms with van der Waals surface area (Å²) in [6.45, 7) is 2.04. The van der Waals surface area contributed by atoms with Gasteiger partial charge in [-0.25, -0.2) is 0 Å². The first-order valence-corrected chi connectivity index (χ1v) is 4.83. The van der Waals surface area contributed by atoms with Crippen molar-refractivity contribution in [1.82, 2.24) is 4.98 Å². The third-order valence-corrected chi connectivity index (χ3v) is 2.34. The molecule has 1 rings (SSSR count). The van der Waals surface area contributed by atoms with E-state index in [0.717, 1.165) is 23.0 Å². The van der Waals surface area contributed by atoms with Crippen LogP contribution in [0.4, 0.5) is 0 Å². The second kappa shape index (κ2) is 4.58. The average molecular weight is 230 g/mol. The highest BCUT2D eigenvalue weighted by atomic mass is 79.9. The van der Waals surface area contributed by atoms with Crippen LogP contribution < -0.4 is 0 Å². The molecule has 0 saturated heterocycles. The molecule has 1 aromatic heterocycles. The number of aliphatic hydroxyl groups excluding tert-OH is 1. The summed E-state index contributed by atoms with van der Waals surface area (Å²) in [6.07, 6.45) is 2.98. The Morgan fingerprint density at radius 1 is 1.67 bits per heavy atom. The molecule has 12 heavy (non-hydrogen) atoms. The maximum absolute atomic E-state index is 9.61. The Morgan fingerprint density at radius 3 is 3.00 bits per heavy atom. The van der Waals surface area contributed by atoms with Gasteiger partial charge in [0.2, 0.25) is 0 Å². The number of halogens is 1. The van der Waals surface area contributed by atoms with E-state index in [0.29, 0.717) is 0 Å². The molecule has 0 saturated carbocycles. The molecule has 0 aliphatic carbocycles. The van der Waals surface area contributed by atoms with Crippen LogP contribution in [0.15, 0.2) is 22.8 Å². The lowest BCUT2D eigenvalue weighted by molar-refractivity contribution is 0.161. The Kier molecular flexibility index (Phi) is 3.69. The topological polar surface area (TPSA) is 33.1 Å². The molecule has 0 aliphatic rings. The van der Waals surface area contributed by atoms with Crippen LogP contribution in [0.5, 0.6) is 0 Å². The lowest BCUT2D eigenvalue weighted by Crippen LogP contribution is -2.00. The van der Waals surface area contributed by atoms with Crippen LogP contribution in [0.1, 0.15) is 31.6 Å². The van der Waals surface area contributed by atoms with Crippen LogP contribution in [0.25, 0.3) is 0 Å². The molecule has 3 heteroatoms. The van der Waals surface area contributed by atoms with Crippen LogP contribution >= 0.6 is 15.9 Å². The van der Waals surface area contributed by atoms with E-state index < -0.39 is 6.10 Å². The summed E-state index contributed by atoms with van der Waals surface area (Å²) in [5, 5.41) is 9.61. The third kappa shape index (κ3) is 2.29. The minimum Gasteiger partial charge on any atom is -0.387 e. The Balaban J connectivity index is 2.79. The van der Waals surface area contributed by atoms with Gasteiger partial charge in [-0.3, -0.25) is 4.98 Å². The first kappa shape index (κ1) is 9.68. The van der Waals surface area contributed by atoms with Gasteiger partial charge in [-0.2, -0.15) is 0 Å². The Bertz CT molecular complexity index is 252. The van der Waals surface area contributed by atoms with Gasteiger partial charge in [-0.05, 0) is 34.5 Å². The van der Waals surface area contributed by atoms with Crippen molar-refractivity contribution in [3.05, 3.63) is 28.5 Å². The number of hydrogen-bond acceptors (Lipinski definition) is 2. The van der Waals surface area contributed by atoms with Crippen molar-refractivity contribution in [3.8, 4) is 0 Å². The maximum atomic E-state index is 9.61. The predicted molar refractivity (Wildman–Crippen MR) is 51.8 cm³/mol. The Hall–Kier alpha value is -0.410. The minimum absolute atomic E-state index is 0.439. The van der Waals surface area contributed by atoms with Crippen molar-refractivity contribution in [1.29, 1.82) is 0 Å². The molecule has 1 N–H and O–H groups in total. The van der Waals surface area contributed by atoms with Gasteiger partial charge in [0, 0.05) is 10.7 Å². The molecule has 0 aliphatic heterocycles. The molecule has 2 nitrogen and oxygen atoms in total. The summed E-state index contributed by atoms with van der Waals surface area (Å²) >= 11 is 3.34. The molecular weight excluding hydrogens is 218 g/mol. The van der Waals surface area contributed by atoms with E-state index in [1.54, 1.807) is 6.20 Å². The molecular formula is C9H12BrNO. The van der Waals surface area contributed by atoms with E-state index in [4.69, 9.17) is 0 Å². The molecule has 0 spiro atoms. The number of aromatic nitrogens is 1. The zero-order valence-corrected chi connectivity index (χ0v) is 8.58. The van der Waals surface area contributed by atoms with Gasteiger partial charge in [0.15, 0.2) is 0 Å². The van der Waals surface area contributed by atoms with Crippen molar-refractivity contribution in [3.63, 3.8) is 0 Å². The van der Waals surface area contributed by atoms with Crippen molar-refractivity contribution < 1.29 is 5.11 Å². The van der Waals surface area contributed by atoms with E-state index in [1.807, 2.05) is 19.1 Å². The summed E-state index contributed by atoms with van der Waals surface area (Å²) in [4.78, 5) is 4.10. The molecule has 0 fully saturated rings. The second-order valence-corrected chi connectivity index (χ2v) is 3.53. The maximum Gasteiger partial charge on any atom is 0.0971 e. The summed E-state index contributed by atoms with van der Waals surface area (Å²) < 4.78 is 0.881.